The van der Waals surface area contributed by atoms with Crippen LogP contribution in [-0.2, 0) is 16.1 Å². The number of carbonyl (C=O) groups is 1. The monoisotopic (exact) mass is 287 g/mol. The molecule has 0 saturated carbocycles. The highest BCUT2D eigenvalue weighted by atomic mass is 16.5. The topological polar surface area (TPSA) is 67.8 Å². The fourth-order valence-electron chi connectivity index (χ4n) is 1.81. The molecule has 0 aliphatic rings. The number of hydrogen-bond donors (Lipinski definition) is 2. The molecular formula is C16H17NO4. The number of hydrogen-bond acceptors (Lipinski definition) is 4. The molecule has 0 unspecified atom stereocenters. The Labute approximate surface area is 123 Å². The van der Waals surface area contributed by atoms with Gasteiger partial charge in [-0.25, -0.2) is 0 Å². The molecule has 0 aliphatic carbocycles. The summed E-state index contributed by atoms with van der Waals surface area (Å²) in [5.41, 5.74) is 1.60. The summed E-state index contributed by atoms with van der Waals surface area (Å²) in [4.78, 5) is 11.4. The van der Waals surface area contributed by atoms with E-state index in [9.17, 15) is 9.90 Å². The SMILES string of the molecule is COCC(=O)Nc1cccc(COc2cccc(O)c2)c1. The minimum Gasteiger partial charge on any atom is -0.508 e. The van der Waals surface area contributed by atoms with Gasteiger partial charge in [0, 0.05) is 18.9 Å². The number of ether oxygens (including phenoxy) is 2. The van der Waals surface area contributed by atoms with Gasteiger partial charge in [-0.3, -0.25) is 4.79 Å². The van der Waals surface area contributed by atoms with Gasteiger partial charge in [0.25, 0.3) is 0 Å². The molecule has 0 bridgehead atoms. The summed E-state index contributed by atoms with van der Waals surface area (Å²) >= 11 is 0. The van der Waals surface area contributed by atoms with Crippen LogP contribution >= 0.6 is 0 Å². The van der Waals surface area contributed by atoms with E-state index < -0.39 is 0 Å². The van der Waals surface area contributed by atoms with Crippen LogP contribution in [0.15, 0.2) is 48.5 Å². The maximum Gasteiger partial charge on any atom is 0.250 e. The van der Waals surface area contributed by atoms with Crippen LogP contribution in [0.3, 0.4) is 0 Å². The van der Waals surface area contributed by atoms with Gasteiger partial charge in [-0.2, -0.15) is 0 Å². The normalized spacial score (nSPS) is 10.1. The molecule has 21 heavy (non-hydrogen) atoms. The van der Waals surface area contributed by atoms with E-state index in [0.29, 0.717) is 18.0 Å². The first-order valence-corrected chi connectivity index (χ1v) is 6.47. The van der Waals surface area contributed by atoms with Crippen molar-refractivity contribution in [2.24, 2.45) is 0 Å². The van der Waals surface area contributed by atoms with Crippen LogP contribution in [0, 0.1) is 0 Å². The van der Waals surface area contributed by atoms with E-state index in [2.05, 4.69) is 5.32 Å². The van der Waals surface area contributed by atoms with Crippen LogP contribution in [0.4, 0.5) is 5.69 Å². The Kier molecular flexibility index (Phi) is 5.17. The predicted octanol–water partition coefficient (Wildman–Crippen LogP) is 2.56. The first kappa shape index (κ1) is 14.9. The minimum atomic E-state index is -0.205. The van der Waals surface area contributed by atoms with Gasteiger partial charge in [0.05, 0.1) is 0 Å². The molecule has 0 saturated heterocycles. The predicted molar refractivity (Wildman–Crippen MR) is 79.4 cm³/mol. The van der Waals surface area contributed by atoms with Crippen molar-refractivity contribution >= 4 is 11.6 Å². The number of methoxy groups -OCH3 is 1. The Morgan fingerprint density at radius 1 is 1.19 bits per heavy atom. The van der Waals surface area contributed by atoms with Crippen LogP contribution in [-0.4, -0.2) is 24.7 Å². The third-order valence-corrected chi connectivity index (χ3v) is 2.71. The highest BCUT2D eigenvalue weighted by Gasteiger charge is 2.03. The molecule has 0 heterocycles. The maximum atomic E-state index is 11.4. The van der Waals surface area contributed by atoms with E-state index in [1.807, 2.05) is 18.2 Å². The van der Waals surface area contributed by atoms with Gasteiger partial charge in [-0.1, -0.05) is 18.2 Å². The van der Waals surface area contributed by atoms with Gasteiger partial charge in [-0.05, 0) is 29.8 Å². The van der Waals surface area contributed by atoms with Gasteiger partial charge in [0.2, 0.25) is 5.91 Å². The molecule has 1 amide bonds. The Morgan fingerprint density at radius 3 is 2.76 bits per heavy atom. The smallest absolute Gasteiger partial charge is 0.250 e. The van der Waals surface area contributed by atoms with Gasteiger partial charge >= 0.3 is 0 Å². The lowest BCUT2D eigenvalue weighted by Gasteiger charge is -2.09. The van der Waals surface area contributed by atoms with Gasteiger partial charge in [0.1, 0.15) is 24.7 Å². The van der Waals surface area contributed by atoms with Gasteiger partial charge < -0.3 is 19.9 Å². The number of aromatic hydroxyl groups is 1. The number of carbonyl (C=O) groups excluding carboxylic acids is 1. The summed E-state index contributed by atoms with van der Waals surface area (Å²) < 4.78 is 10.3. The zero-order valence-corrected chi connectivity index (χ0v) is 11.7. The molecular weight excluding hydrogens is 270 g/mol. The fraction of sp³-hybridized carbons (Fsp3) is 0.188. The molecule has 0 aliphatic heterocycles. The third kappa shape index (κ3) is 4.81. The van der Waals surface area contributed by atoms with Gasteiger partial charge in [0.15, 0.2) is 0 Å². The average molecular weight is 287 g/mol. The van der Waals surface area contributed by atoms with Crippen LogP contribution in [0.1, 0.15) is 5.56 Å². The van der Waals surface area contributed by atoms with Crippen molar-refractivity contribution in [1.82, 2.24) is 0 Å². The van der Waals surface area contributed by atoms with E-state index in [1.54, 1.807) is 30.3 Å². The third-order valence-electron chi connectivity index (χ3n) is 2.71. The Morgan fingerprint density at radius 2 is 2.00 bits per heavy atom. The number of amides is 1. The van der Waals surface area contributed by atoms with E-state index in [4.69, 9.17) is 9.47 Å². The molecule has 0 fully saturated rings. The quantitative estimate of drug-likeness (QED) is 0.856. The van der Waals surface area contributed by atoms with Crippen molar-refractivity contribution in [2.75, 3.05) is 19.0 Å². The standard InChI is InChI=1S/C16H17NO4/c1-20-11-16(19)17-13-5-2-4-12(8-13)10-21-15-7-3-6-14(18)9-15/h2-9,18H,10-11H2,1H3,(H,17,19). The van der Waals surface area contributed by atoms with E-state index >= 15 is 0 Å². The number of anilines is 1. The summed E-state index contributed by atoms with van der Waals surface area (Å²) in [6.07, 6.45) is 0. The molecule has 2 aromatic carbocycles. The van der Waals surface area contributed by atoms with Crippen LogP contribution in [0.2, 0.25) is 0 Å². The summed E-state index contributed by atoms with van der Waals surface area (Å²) in [7, 11) is 1.47. The molecule has 110 valence electrons. The maximum absolute atomic E-state index is 11.4. The van der Waals surface area contributed by atoms with Crippen LogP contribution in [0.25, 0.3) is 0 Å². The Bertz CT molecular complexity index is 613. The van der Waals surface area contributed by atoms with Gasteiger partial charge in [-0.15, -0.1) is 0 Å². The second-order valence-corrected chi connectivity index (χ2v) is 4.47. The Hall–Kier alpha value is -2.53. The van der Waals surface area contributed by atoms with E-state index in [1.165, 1.54) is 7.11 Å². The molecule has 2 N–H and O–H groups in total. The number of phenolic OH excluding ortho intramolecular Hbond substituents is 1. The fourth-order valence-corrected chi connectivity index (χ4v) is 1.81. The van der Waals surface area contributed by atoms with Crippen molar-refractivity contribution < 1.29 is 19.4 Å². The summed E-state index contributed by atoms with van der Waals surface area (Å²) in [5, 5.41) is 12.1. The lowest BCUT2D eigenvalue weighted by molar-refractivity contribution is -0.119. The van der Waals surface area contributed by atoms with Crippen molar-refractivity contribution in [3.05, 3.63) is 54.1 Å². The molecule has 0 spiro atoms. The first-order valence-electron chi connectivity index (χ1n) is 6.47. The van der Waals surface area contributed by atoms with E-state index in [-0.39, 0.29) is 18.3 Å². The lowest BCUT2D eigenvalue weighted by atomic mass is 10.2. The molecule has 5 nitrogen and oxygen atoms in total. The van der Waals surface area contributed by atoms with Crippen LogP contribution < -0.4 is 10.1 Å². The zero-order chi connectivity index (χ0) is 15.1. The highest BCUT2D eigenvalue weighted by molar-refractivity contribution is 5.91. The molecule has 0 aromatic heterocycles. The summed E-state index contributed by atoms with van der Waals surface area (Å²) in [6, 6.07) is 14.0. The second-order valence-electron chi connectivity index (χ2n) is 4.47. The zero-order valence-electron chi connectivity index (χ0n) is 11.7. The average Bonchev–Trinajstić information content (AvgIpc) is 2.46. The molecule has 2 rings (SSSR count). The molecule has 0 radical (unpaired) electrons. The summed E-state index contributed by atoms with van der Waals surface area (Å²) in [6.45, 7) is 0.363. The molecule has 2 aromatic rings. The number of phenols is 1. The number of nitrogens with one attached hydrogen (secondary N) is 1. The molecule has 5 heteroatoms. The van der Waals surface area contributed by atoms with Crippen LogP contribution in [0.5, 0.6) is 11.5 Å². The lowest BCUT2D eigenvalue weighted by Crippen LogP contribution is -2.17. The van der Waals surface area contributed by atoms with Crippen molar-refractivity contribution in [3.8, 4) is 11.5 Å². The first-order chi connectivity index (χ1) is 10.2. The van der Waals surface area contributed by atoms with Crippen molar-refractivity contribution in [2.45, 2.75) is 6.61 Å². The minimum absolute atomic E-state index is 0.0179. The summed E-state index contributed by atoms with van der Waals surface area (Å²) in [5.74, 6) is 0.542. The second kappa shape index (κ2) is 7.31. The Balaban J connectivity index is 1.96. The van der Waals surface area contributed by atoms with E-state index in [0.717, 1.165) is 5.56 Å². The van der Waals surface area contributed by atoms with Crippen molar-refractivity contribution in [3.63, 3.8) is 0 Å². The number of rotatable bonds is 6. The molecule has 0 atom stereocenters. The highest BCUT2D eigenvalue weighted by Crippen LogP contribution is 2.19. The number of benzene rings is 2. The van der Waals surface area contributed by atoms with Crippen molar-refractivity contribution in [1.29, 1.82) is 0 Å². The largest absolute Gasteiger partial charge is 0.508 e.